The first kappa shape index (κ1) is 17.3. The molecule has 1 aromatic heterocycles. The molecule has 0 saturated carbocycles. The van der Waals surface area contributed by atoms with Crippen molar-refractivity contribution in [1.82, 2.24) is 15.1 Å². The van der Waals surface area contributed by atoms with Gasteiger partial charge >= 0.3 is 6.18 Å². The molecular formula is C14H13BrF3N3O2. The molecular weight excluding hydrogens is 379 g/mol. The molecule has 0 aliphatic carbocycles. The Kier molecular flexibility index (Phi) is 5.30. The molecule has 0 unspecified atom stereocenters. The Hall–Kier alpha value is -2.03. The topological polar surface area (TPSA) is 56.1 Å². The van der Waals surface area contributed by atoms with Gasteiger partial charge in [-0.05, 0) is 28.1 Å². The number of rotatable bonds is 5. The predicted molar refractivity (Wildman–Crippen MR) is 80.3 cm³/mol. The van der Waals surface area contributed by atoms with Gasteiger partial charge in [-0.25, -0.2) is 4.68 Å². The first-order chi connectivity index (χ1) is 10.8. The Morgan fingerprint density at radius 1 is 1.39 bits per heavy atom. The number of carbonyl (C=O) groups excluding carboxylic acids is 1. The predicted octanol–water partition coefficient (Wildman–Crippen LogP) is 3.10. The van der Waals surface area contributed by atoms with E-state index in [1.54, 1.807) is 24.3 Å². The third kappa shape index (κ3) is 4.25. The van der Waals surface area contributed by atoms with Gasteiger partial charge in [0.15, 0.2) is 5.69 Å². The van der Waals surface area contributed by atoms with Crippen LogP contribution in [0.2, 0.25) is 0 Å². The summed E-state index contributed by atoms with van der Waals surface area (Å²) in [6.45, 7) is 0.158. The fourth-order valence-corrected chi connectivity index (χ4v) is 2.34. The van der Waals surface area contributed by atoms with Gasteiger partial charge in [-0.2, -0.15) is 18.3 Å². The van der Waals surface area contributed by atoms with Crippen LogP contribution < -0.4 is 10.1 Å². The van der Waals surface area contributed by atoms with Crippen LogP contribution in [-0.2, 0) is 12.7 Å². The van der Waals surface area contributed by atoms with Gasteiger partial charge in [0.25, 0.3) is 5.91 Å². The van der Waals surface area contributed by atoms with E-state index in [9.17, 15) is 18.0 Å². The number of hydrogen-bond donors (Lipinski definition) is 1. The number of alkyl halides is 3. The van der Waals surface area contributed by atoms with Crippen LogP contribution in [0.1, 0.15) is 16.1 Å². The number of nitrogens with one attached hydrogen (secondary N) is 1. The third-order valence-corrected chi connectivity index (χ3v) is 3.66. The Balaban J connectivity index is 2.00. The van der Waals surface area contributed by atoms with Crippen LogP contribution in [0.3, 0.4) is 0 Å². The molecule has 0 aliphatic heterocycles. The first-order valence-electron chi connectivity index (χ1n) is 6.54. The highest BCUT2D eigenvalue weighted by atomic mass is 79.9. The lowest BCUT2D eigenvalue weighted by atomic mass is 10.2. The van der Waals surface area contributed by atoms with Crippen LogP contribution >= 0.6 is 15.9 Å². The minimum Gasteiger partial charge on any atom is -0.481 e. The molecule has 0 fully saturated rings. The monoisotopic (exact) mass is 391 g/mol. The van der Waals surface area contributed by atoms with Gasteiger partial charge < -0.3 is 10.1 Å². The minimum absolute atomic E-state index is 0.0209. The van der Waals surface area contributed by atoms with E-state index in [4.69, 9.17) is 4.74 Å². The van der Waals surface area contributed by atoms with Crippen molar-refractivity contribution in [2.75, 3.05) is 13.7 Å². The molecule has 0 atom stereocenters. The number of carbonyl (C=O) groups is 1. The summed E-state index contributed by atoms with van der Waals surface area (Å²) in [6, 6.07) is 7.66. The molecule has 0 aliphatic rings. The van der Waals surface area contributed by atoms with Gasteiger partial charge in [-0.3, -0.25) is 4.79 Å². The van der Waals surface area contributed by atoms with Crippen molar-refractivity contribution in [2.45, 2.75) is 12.7 Å². The summed E-state index contributed by atoms with van der Waals surface area (Å²) >= 11 is 3.26. The summed E-state index contributed by atoms with van der Waals surface area (Å²) in [5.74, 6) is -0.355. The summed E-state index contributed by atoms with van der Waals surface area (Å²) in [5.41, 5.74) is -0.595. The van der Waals surface area contributed by atoms with Crippen LogP contribution in [0.5, 0.6) is 5.88 Å². The zero-order valence-electron chi connectivity index (χ0n) is 12.0. The minimum atomic E-state index is -4.54. The molecule has 1 aromatic carbocycles. The van der Waals surface area contributed by atoms with Crippen LogP contribution in [0.15, 0.2) is 34.8 Å². The molecule has 0 radical (unpaired) electrons. The van der Waals surface area contributed by atoms with Crippen molar-refractivity contribution in [3.05, 3.63) is 46.1 Å². The Morgan fingerprint density at radius 3 is 2.70 bits per heavy atom. The quantitative estimate of drug-likeness (QED) is 0.851. The van der Waals surface area contributed by atoms with Gasteiger partial charge in [0.1, 0.15) is 0 Å². The van der Waals surface area contributed by atoms with E-state index in [-0.39, 0.29) is 24.9 Å². The van der Waals surface area contributed by atoms with E-state index in [1.165, 1.54) is 7.11 Å². The lowest BCUT2D eigenvalue weighted by Crippen LogP contribution is -2.28. The lowest BCUT2D eigenvalue weighted by Gasteiger charge is -2.08. The molecule has 1 N–H and O–H groups in total. The average molecular weight is 392 g/mol. The third-order valence-electron chi connectivity index (χ3n) is 2.97. The van der Waals surface area contributed by atoms with Gasteiger partial charge in [0.05, 0.1) is 19.2 Å². The molecule has 124 valence electrons. The number of halogens is 4. The van der Waals surface area contributed by atoms with Crippen LogP contribution in [0.25, 0.3) is 0 Å². The van der Waals surface area contributed by atoms with E-state index >= 15 is 0 Å². The highest BCUT2D eigenvalue weighted by Gasteiger charge is 2.35. The Morgan fingerprint density at radius 2 is 2.09 bits per heavy atom. The van der Waals surface area contributed by atoms with E-state index < -0.39 is 11.9 Å². The molecule has 0 bridgehead atoms. The van der Waals surface area contributed by atoms with Gasteiger partial charge in [0, 0.05) is 17.1 Å². The van der Waals surface area contributed by atoms with E-state index in [0.717, 1.165) is 10.7 Å². The molecule has 9 heteroatoms. The maximum atomic E-state index is 12.6. The molecule has 1 amide bonds. The number of ether oxygens (including phenoxy) is 1. The van der Waals surface area contributed by atoms with Crippen molar-refractivity contribution in [3.8, 4) is 5.88 Å². The standard InChI is InChI=1S/C14H13BrF3N3O2/c1-23-12-8-11(14(16,17)18)20-21(12)7-6-19-13(22)9-4-2-3-5-10(9)15/h2-5,8H,6-7H2,1H3,(H,19,22). The van der Waals surface area contributed by atoms with Crippen LogP contribution in [-0.4, -0.2) is 29.3 Å². The molecule has 2 rings (SSSR count). The van der Waals surface area contributed by atoms with Crippen molar-refractivity contribution < 1.29 is 22.7 Å². The van der Waals surface area contributed by atoms with E-state index in [2.05, 4.69) is 26.3 Å². The molecule has 23 heavy (non-hydrogen) atoms. The normalized spacial score (nSPS) is 11.3. The van der Waals surface area contributed by atoms with Crippen molar-refractivity contribution >= 4 is 21.8 Å². The van der Waals surface area contributed by atoms with Crippen molar-refractivity contribution in [1.29, 1.82) is 0 Å². The fourth-order valence-electron chi connectivity index (χ4n) is 1.88. The second-order valence-electron chi connectivity index (χ2n) is 4.53. The SMILES string of the molecule is COc1cc(C(F)(F)F)nn1CCNC(=O)c1ccccc1Br. The van der Waals surface area contributed by atoms with Crippen molar-refractivity contribution in [3.63, 3.8) is 0 Å². The molecule has 0 spiro atoms. The Labute approximate surface area is 138 Å². The zero-order valence-corrected chi connectivity index (χ0v) is 13.6. The Bertz CT molecular complexity index is 701. The summed E-state index contributed by atoms with van der Waals surface area (Å²) in [7, 11) is 1.26. The second kappa shape index (κ2) is 7.03. The highest BCUT2D eigenvalue weighted by molar-refractivity contribution is 9.10. The molecule has 5 nitrogen and oxygen atoms in total. The average Bonchev–Trinajstić information content (AvgIpc) is 2.91. The van der Waals surface area contributed by atoms with Gasteiger partial charge in [-0.1, -0.05) is 12.1 Å². The summed E-state index contributed by atoms with van der Waals surface area (Å²) in [6.07, 6.45) is -4.54. The van der Waals surface area contributed by atoms with E-state index in [0.29, 0.717) is 10.0 Å². The highest BCUT2D eigenvalue weighted by Crippen LogP contribution is 2.30. The number of nitrogens with zero attached hydrogens (tertiary/aromatic N) is 2. The lowest BCUT2D eigenvalue weighted by molar-refractivity contribution is -0.141. The van der Waals surface area contributed by atoms with E-state index in [1.807, 2.05) is 0 Å². The van der Waals surface area contributed by atoms with Gasteiger partial charge in [0.2, 0.25) is 5.88 Å². The molecule has 2 aromatic rings. The number of benzene rings is 1. The smallest absolute Gasteiger partial charge is 0.435 e. The summed E-state index contributed by atoms with van der Waals surface area (Å²) in [4.78, 5) is 12.0. The summed E-state index contributed by atoms with van der Waals surface area (Å²) in [5, 5.41) is 6.07. The number of amides is 1. The number of aromatic nitrogens is 2. The largest absolute Gasteiger partial charge is 0.481 e. The molecule has 1 heterocycles. The fraction of sp³-hybridized carbons (Fsp3) is 0.286. The maximum Gasteiger partial charge on any atom is 0.435 e. The van der Waals surface area contributed by atoms with Crippen molar-refractivity contribution in [2.24, 2.45) is 0 Å². The maximum absolute atomic E-state index is 12.6. The van der Waals surface area contributed by atoms with Gasteiger partial charge in [-0.15, -0.1) is 0 Å². The zero-order chi connectivity index (χ0) is 17.0. The summed E-state index contributed by atoms with van der Waals surface area (Å²) < 4.78 is 44.4. The second-order valence-corrected chi connectivity index (χ2v) is 5.38. The molecule has 0 saturated heterocycles. The van der Waals surface area contributed by atoms with Crippen LogP contribution in [0, 0.1) is 0 Å². The van der Waals surface area contributed by atoms with Crippen LogP contribution in [0.4, 0.5) is 13.2 Å². The first-order valence-corrected chi connectivity index (χ1v) is 7.34. The number of hydrogen-bond acceptors (Lipinski definition) is 3. The number of methoxy groups -OCH3 is 1.